The number of hydrogen-bond acceptors (Lipinski definition) is 4. The van der Waals surface area contributed by atoms with E-state index in [0.717, 1.165) is 0 Å². The lowest BCUT2D eigenvalue weighted by Gasteiger charge is -1.99. The van der Waals surface area contributed by atoms with E-state index < -0.39 is 5.97 Å². The summed E-state index contributed by atoms with van der Waals surface area (Å²) >= 11 is 0. The molecule has 0 saturated heterocycles. The van der Waals surface area contributed by atoms with Crippen molar-refractivity contribution in [2.75, 3.05) is 7.11 Å². The van der Waals surface area contributed by atoms with Gasteiger partial charge in [0.25, 0.3) is 0 Å². The Labute approximate surface area is 81.2 Å². The SMILES string of the molecule is COC(=O)c1c(C=CC#N)cnn1C. The molecule has 1 aromatic rings. The van der Waals surface area contributed by atoms with E-state index in [0.29, 0.717) is 11.3 Å². The third-order valence-corrected chi connectivity index (χ3v) is 1.68. The standard InChI is InChI=1S/C9H9N3O2/c1-12-8(9(13)14-2)7(6-11-12)4-3-5-10/h3-4,6H,1-2H3. The van der Waals surface area contributed by atoms with E-state index in [1.54, 1.807) is 7.05 Å². The lowest BCUT2D eigenvalue weighted by Crippen LogP contribution is -2.09. The van der Waals surface area contributed by atoms with Gasteiger partial charge < -0.3 is 4.74 Å². The highest BCUT2D eigenvalue weighted by molar-refractivity contribution is 5.91. The number of nitriles is 1. The fourth-order valence-corrected chi connectivity index (χ4v) is 1.05. The Kier molecular flexibility index (Phi) is 3.02. The summed E-state index contributed by atoms with van der Waals surface area (Å²) in [5, 5.41) is 12.2. The molecule has 0 saturated carbocycles. The molecule has 0 aliphatic carbocycles. The number of ether oxygens (including phenoxy) is 1. The number of hydrogen-bond donors (Lipinski definition) is 0. The molecule has 72 valence electrons. The zero-order chi connectivity index (χ0) is 10.6. The van der Waals surface area contributed by atoms with Crippen molar-refractivity contribution in [1.82, 2.24) is 9.78 Å². The molecular formula is C9H9N3O2. The maximum Gasteiger partial charge on any atom is 0.356 e. The molecule has 0 bridgehead atoms. The Morgan fingerprint density at radius 1 is 1.79 bits per heavy atom. The lowest BCUT2D eigenvalue weighted by molar-refractivity contribution is 0.0588. The summed E-state index contributed by atoms with van der Waals surface area (Å²) < 4.78 is 5.99. The Morgan fingerprint density at radius 3 is 3.07 bits per heavy atom. The van der Waals surface area contributed by atoms with Gasteiger partial charge in [0.15, 0.2) is 5.69 Å². The van der Waals surface area contributed by atoms with Crippen molar-refractivity contribution < 1.29 is 9.53 Å². The molecule has 5 heteroatoms. The quantitative estimate of drug-likeness (QED) is 0.510. The van der Waals surface area contributed by atoms with Crippen molar-refractivity contribution >= 4 is 12.0 Å². The van der Waals surface area contributed by atoms with Crippen molar-refractivity contribution in [2.45, 2.75) is 0 Å². The third kappa shape index (κ3) is 1.80. The van der Waals surface area contributed by atoms with Gasteiger partial charge in [-0.15, -0.1) is 0 Å². The first-order valence-corrected chi connectivity index (χ1v) is 3.87. The predicted octanol–water partition coefficient (Wildman–Crippen LogP) is 0.743. The lowest BCUT2D eigenvalue weighted by atomic mass is 10.2. The second-order valence-electron chi connectivity index (χ2n) is 2.53. The molecule has 0 aliphatic heterocycles. The Hall–Kier alpha value is -2.09. The van der Waals surface area contributed by atoms with E-state index in [-0.39, 0.29) is 0 Å². The number of carbonyl (C=O) groups excluding carboxylic acids is 1. The van der Waals surface area contributed by atoms with E-state index in [2.05, 4.69) is 9.84 Å². The van der Waals surface area contributed by atoms with E-state index in [1.807, 2.05) is 6.07 Å². The van der Waals surface area contributed by atoms with Gasteiger partial charge in [0.05, 0.1) is 19.4 Å². The van der Waals surface area contributed by atoms with Gasteiger partial charge in [-0.05, 0) is 6.08 Å². The Morgan fingerprint density at radius 2 is 2.50 bits per heavy atom. The van der Waals surface area contributed by atoms with Gasteiger partial charge in [-0.3, -0.25) is 4.68 Å². The van der Waals surface area contributed by atoms with E-state index in [4.69, 9.17) is 5.26 Å². The average molecular weight is 191 g/mol. The first-order chi connectivity index (χ1) is 6.70. The predicted molar refractivity (Wildman–Crippen MR) is 49.2 cm³/mol. The van der Waals surface area contributed by atoms with Crippen molar-refractivity contribution in [2.24, 2.45) is 7.05 Å². The largest absolute Gasteiger partial charge is 0.464 e. The highest BCUT2D eigenvalue weighted by Crippen LogP contribution is 2.10. The van der Waals surface area contributed by atoms with Crippen LogP contribution in [0.3, 0.4) is 0 Å². The molecule has 1 heterocycles. The molecule has 0 atom stereocenters. The molecule has 0 spiro atoms. The normalized spacial score (nSPS) is 10.1. The van der Waals surface area contributed by atoms with Crippen LogP contribution in [0.15, 0.2) is 12.3 Å². The van der Waals surface area contributed by atoms with Crippen LogP contribution in [0, 0.1) is 11.3 Å². The van der Waals surface area contributed by atoms with Gasteiger partial charge in [0, 0.05) is 18.7 Å². The van der Waals surface area contributed by atoms with Gasteiger partial charge >= 0.3 is 5.97 Å². The topological polar surface area (TPSA) is 67.9 Å². The molecule has 1 aromatic heterocycles. The van der Waals surface area contributed by atoms with Gasteiger partial charge in [0.2, 0.25) is 0 Å². The van der Waals surface area contributed by atoms with Crippen molar-refractivity contribution in [3.05, 3.63) is 23.5 Å². The minimum Gasteiger partial charge on any atom is -0.464 e. The summed E-state index contributed by atoms with van der Waals surface area (Å²) in [5.41, 5.74) is 0.903. The number of methoxy groups -OCH3 is 1. The Balaban J connectivity index is 3.13. The first kappa shape index (κ1) is 9.99. The minimum atomic E-state index is -0.470. The number of carbonyl (C=O) groups is 1. The van der Waals surface area contributed by atoms with Gasteiger partial charge in [0.1, 0.15) is 0 Å². The fraction of sp³-hybridized carbons (Fsp3) is 0.222. The van der Waals surface area contributed by atoms with Gasteiger partial charge in [-0.2, -0.15) is 10.4 Å². The average Bonchev–Trinajstić information content (AvgIpc) is 2.55. The zero-order valence-corrected chi connectivity index (χ0v) is 7.89. The molecular weight excluding hydrogens is 182 g/mol. The molecule has 0 aliphatic rings. The summed E-state index contributed by atoms with van der Waals surface area (Å²) in [7, 11) is 2.93. The number of allylic oxidation sites excluding steroid dienone is 1. The summed E-state index contributed by atoms with van der Waals surface area (Å²) in [5.74, 6) is -0.470. The summed E-state index contributed by atoms with van der Waals surface area (Å²) in [6.07, 6.45) is 4.29. The maximum absolute atomic E-state index is 11.3. The van der Waals surface area contributed by atoms with E-state index >= 15 is 0 Å². The minimum absolute atomic E-state index is 0.332. The highest BCUT2D eigenvalue weighted by Gasteiger charge is 2.14. The third-order valence-electron chi connectivity index (χ3n) is 1.68. The second-order valence-corrected chi connectivity index (χ2v) is 2.53. The van der Waals surface area contributed by atoms with Crippen LogP contribution < -0.4 is 0 Å². The molecule has 0 fully saturated rings. The number of esters is 1. The molecule has 0 aromatic carbocycles. The first-order valence-electron chi connectivity index (χ1n) is 3.87. The van der Waals surface area contributed by atoms with Gasteiger partial charge in [-0.25, -0.2) is 4.79 Å². The molecule has 14 heavy (non-hydrogen) atoms. The van der Waals surface area contributed by atoms with E-state index in [9.17, 15) is 4.79 Å². The highest BCUT2D eigenvalue weighted by atomic mass is 16.5. The van der Waals surface area contributed by atoms with Crippen LogP contribution in [0.25, 0.3) is 6.08 Å². The van der Waals surface area contributed by atoms with Crippen molar-refractivity contribution in [3.8, 4) is 6.07 Å². The van der Waals surface area contributed by atoms with Gasteiger partial charge in [-0.1, -0.05) is 0 Å². The number of aromatic nitrogens is 2. The number of nitrogens with zero attached hydrogens (tertiary/aromatic N) is 3. The smallest absolute Gasteiger partial charge is 0.356 e. The van der Waals surface area contributed by atoms with Crippen molar-refractivity contribution in [1.29, 1.82) is 5.26 Å². The monoisotopic (exact) mass is 191 g/mol. The fourth-order valence-electron chi connectivity index (χ4n) is 1.05. The summed E-state index contributed by atoms with van der Waals surface area (Å²) in [6, 6.07) is 1.84. The van der Waals surface area contributed by atoms with Crippen molar-refractivity contribution in [3.63, 3.8) is 0 Å². The van der Waals surface area contributed by atoms with Crippen LogP contribution in [-0.2, 0) is 11.8 Å². The van der Waals surface area contributed by atoms with Crippen LogP contribution in [0.4, 0.5) is 0 Å². The molecule has 0 N–H and O–H groups in total. The number of rotatable bonds is 2. The van der Waals surface area contributed by atoms with E-state index in [1.165, 1.54) is 30.1 Å². The second kappa shape index (κ2) is 4.23. The molecule has 5 nitrogen and oxygen atoms in total. The van der Waals surface area contributed by atoms with Crippen LogP contribution in [0.2, 0.25) is 0 Å². The number of aryl methyl sites for hydroxylation is 1. The molecule has 0 radical (unpaired) electrons. The molecule has 0 unspecified atom stereocenters. The summed E-state index contributed by atoms with van der Waals surface area (Å²) in [4.78, 5) is 11.3. The van der Waals surface area contributed by atoms with Crippen LogP contribution in [-0.4, -0.2) is 22.9 Å². The van der Waals surface area contributed by atoms with Crippen LogP contribution in [0.1, 0.15) is 16.1 Å². The van der Waals surface area contributed by atoms with Crippen LogP contribution >= 0.6 is 0 Å². The maximum atomic E-state index is 11.3. The zero-order valence-electron chi connectivity index (χ0n) is 7.89. The summed E-state index contributed by atoms with van der Waals surface area (Å²) in [6.45, 7) is 0. The molecule has 0 amide bonds. The van der Waals surface area contributed by atoms with Crippen LogP contribution in [0.5, 0.6) is 0 Å². The Bertz CT molecular complexity index is 412. The molecule has 1 rings (SSSR count).